The van der Waals surface area contributed by atoms with Gasteiger partial charge < -0.3 is 10.6 Å². The van der Waals surface area contributed by atoms with E-state index in [0.717, 1.165) is 25.2 Å². The van der Waals surface area contributed by atoms with Crippen LogP contribution in [0.15, 0.2) is 23.2 Å². The van der Waals surface area contributed by atoms with Crippen molar-refractivity contribution in [2.75, 3.05) is 20.1 Å². The molecule has 0 radical (unpaired) electrons. The number of hydrogen-bond donors (Lipinski definition) is 2. The maximum Gasteiger partial charge on any atom is 0.191 e. The van der Waals surface area contributed by atoms with Crippen LogP contribution in [-0.2, 0) is 6.54 Å². The molecule has 1 aliphatic carbocycles. The molecule has 0 aromatic heterocycles. The summed E-state index contributed by atoms with van der Waals surface area (Å²) >= 11 is 0. The van der Waals surface area contributed by atoms with Crippen LogP contribution in [0.1, 0.15) is 32.3 Å². The molecule has 136 valence electrons. The predicted molar refractivity (Wildman–Crippen MR) is 105 cm³/mol. The Hall–Kier alpha value is -0.960. The molecule has 1 aromatic rings. The van der Waals surface area contributed by atoms with Crippen molar-refractivity contribution < 1.29 is 8.78 Å². The Kier molecular flexibility index (Phi) is 8.90. The second-order valence-corrected chi connectivity index (χ2v) is 6.15. The van der Waals surface area contributed by atoms with Gasteiger partial charge in [0.2, 0.25) is 0 Å². The van der Waals surface area contributed by atoms with E-state index < -0.39 is 11.6 Å². The smallest absolute Gasteiger partial charge is 0.191 e. The summed E-state index contributed by atoms with van der Waals surface area (Å²) in [6.45, 7) is 6.31. The van der Waals surface area contributed by atoms with Crippen molar-refractivity contribution in [1.29, 1.82) is 0 Å². The van der Waals surface area contributed by atoms with E-state index in [9.17, 15) is 8.78 Å². The van der Waals surface area contributed by atoms with E-state index in [1.165, 1.54) is 18.9 Å². The molecule has 0 heterocycles. The fourth-order valence-corrected chi connectivity index (χ4v) is 2.65. The van der Waals surface area contributed by atoms with Crippen LogP contribution in [0.25, 0.3) is 0 Å². The summed E-state index contributed by atoms with van der Waals surface area (Å²) < 4.78 is 26.7. The van der Waals surface area contributed by atoms with Crippen molar-refractivity contribution in [3.8, 4) is 0 Å². The fourth-order valence-electron chi connectivity index (χ4n) is 2.65. The molecule has 2 N–H and O–H groups in total. The van der Waals surface area contributed by atoms with Crippen LogP contribution in [0.2, 0.25) is 0 Å². The molecular formula is C17H27F2IN4. The maximum absolute atomic E-state index is 13.6. The molecule has 0 saturated heterocycles. The first-order valence-electron chi connectivity index (χ1n) is 8.15. The maximum atomic E-state index is 13.6. The van der Waals surface area contributed by atoms with E-state index in [1.54, 1.807) is 7.05 Å². The van der Waals surface area contributed by atoms with Crippen LogP contribution >= 0.6 is 24.0 Å². The minimum Gasteiger partial charge on any atom is -0.355 e. The van der Waals surface area contributed by atoms with Gasteiger partial charge in [-0.3, -0.25) is 9.89 Å². The molecule has 24 heavy (non-hydrogen) atoms. The van der Waals surface area contributed by atoms with Gasteiger partial charge in [0.15, 0.2) is 5.96 Å². The quantitative estimate of drug-likeness (QED) is 0.380. The third kappa shape index (κ3) is 6.51. The summed E-state index contributed by atoms with van der Waals surface area (Å²) in [6, 6.07) is 4.69. The van der Waals surface area contributed by atoms with Crippen LogP contribution in [0, 0.1) is 11.6 Å². The molecule has 0 atom stereocenters. The Morgan fingerprint density at radius 3 is 2.58 bits per heavy atom. The van der Waals surface area contributed by atoms with Crippen molar-refractivity contribution >= 4 is 29.9 Å². The van der Waals surface area contributed by atoms with E-state index in [2.05, 4.69) is 34.4 Å². The highest BCUT2D eigenvalue weighted by Gasteiger charge is 2.30. The van der Waals surface area contributed by atoms with Crippen molar-refractivity contribution in [2.45, 2.75) is 45.3 Å². The standard InChI is InChI=1S/C17H26F2N4.HI/c1-12(2)23(15-5-6-15)9-8-21-17(20-3)22-11-13-10-14(18)4-7-16(13)19;/h4,7,10,12,15H,5-6,8-9,11H2,1-3H3,(H2,20,21,22);1H. The Bertz CT molecular complexity index is 545. The van der Waals surface area contributed by atoms with Gasteiger partial charge in [0, 0.05) is 44.3 Å². The van der Waals surface area contributed by atoms with Gasteiger partial charge in [0.1, 0.15) is 11.6 Å². The fraction of sp³-hybridized carbons (Fsp3) is 0.588. The van der Waals surface area contributed by atoms with Gasteiger partial charge in [0.25, 0.3) is 0 Å². The van der Waals surface area contributed by atoms with Gasteiger partial charge in [-0.2, -0.15) is 0 Å². The minimum atomic E-state index is -0.442. The van der Waals surface area contributed by atoms with Crippen molar-refractivity contribution in [3.63, 3.8) is 0 Å². The first kappa shape index (κ1) is 21.1. The van der Waals surface area contributed by atoms with Gasteiger partial charge in [-0.25, -0.2) is 8.78 Å². The molecule has 0 unspecified atom stereocenters. The van der Waals surface area contributed by atoms with E-state index in [-0.39, 0.29) is 36.1 Å². The first-order chi connectivity index (χ1) is 11.0. The lowest BCUT2D eigenvalue weighted by Crippen LogP contribution is -2.43. The Labute approximate surface area is 160 Å². The number of guanidine groups is 1. The number of rotatable bonds is 7. The molecule has 1 saturated carbocycles. The lowest BCUT2D eigenvalue weighted by atomic mass is 10.2. The van der Waals surface area contributed by atoms with Gasteiger partial charge in [-0.1, -0.05) is 0 Å². The van der Waals surface area contributed by atoms with Gasteiger partial charge in [-0.05, 0) is 44.9 Å². The van der Waals surface area contributed by atoms with Crippen LogP contribution in [-0.4, -0.2) is 43.1 Å². The average molecular weight is 452 g/mol. The molecule has 0 aliphatic heterocycles. The number of nitrogens with one attached hydrogen (secondary N) is 2. The van der Waals surface area contributed by atoms with Crippen LogP contribution < -0.4 is 10.6 Å². The molecule has 4 nitrogen and oxygen atoms in total. The summed E-state index contributed by atoms with van der Waals surface area (Å²) in [5.74, 6) is -0.273. The number of benzene rings is 1. The molecule has 0 spiro atoms. The zero-order valence-corrected chi connectivity index (χ0v) is 16.8. The lowest BCUT2D eigenvalue weighted by Gasteiger charge is -2.26. The van der Waals surface area contributed by atoms with E-state index in [1.807, 2.05) is 0 Å². The van der Waals surface area contributed by atoms with Crippen LogP contribution in [0.3, 0.4) is 0 Å². The van der Waals surface area contributed by atoms with E-state index in [4.69, 9.17) is 0 Å². The summed E-state index contributed by atoms with van der Waals surface area (Å²) in [6.07, 6.45) is 2.56. The highest BCUT2D eigenvalue weighted by Crippen LogP contribution is 2.27. The SMILES string of the molecule is CN=C(NCCN(C(C)C)C1CC1)NCc1cc(F)ccc1F.I. The third-order valence-electron chi connectivity index (χ3n) is 4.02. The Morgan fingerprint density at radius 1 is 1.29 bits per heavy atom. The van der Waals surface area contributed by atoms with Gasteiger partial charge in [0.05, 0.1) is 0 Å². The average Bonchev–Trinajstić information content (AvgIpc) is 3.34. The third-order valence-corrected chi connectivity index (χ3v) is 4.02. The second-order valence-electron chi connectivity index (χ2n) is 6.15. The van der Waals surface area contributed by atoms with E-state index >= 15 is 0 Å². The zero-order valence-electron chi connectivity index (χ0n) is 14.5. The number of halogens is 3. The first-order valence-corrected chi connectivity index (χ1v) is 8.15. The van der Waals surface area contributed by atoms with Gasteiger partial charge in [-0.15, -0.1) is 24.0 Å². The molecule has 0 bridgehead atoms. The second kappa shape index (κ2) is 10.1. The predicted octanol–water partition coefficient (Wildman–Crippen LogP) is 3.12. The van der Waals surface area contributed by atoms with E-state index in [0.29, 0.717) is 18.0 Å². The topological polar surface area (TPSA) is 39.7 Å². The summed E-state index contributed by atoms with van der Waals surface area (Å²) in [5.41, 5.74) is 0.287. The molecule has 7 heteroatoms. The van der Waals surface area contributed by atoms with Crippen molar-refractivity contribution in [1.82, 2.24) is 15.5 Å². The Balaban J connectivity index is 0.00000288. The highest BCUT2D eigenvalue weighted by atomic mass is 127. The van der Waals surface area contributed by atoms with Gasteiger partial charge >= 0.3 is 0 Å². The number of hydrogen-bond acceptors (Lipinski definition) is 2. The molecule has 1 aliphatic rings. The number of nitrogens with zero attached hydrogens (tertiary/aromatic N) is 2. The molecule has 0 amide bonds. The zero-order chi connectivity index (χ0) is 16.8. The monoisotopic (exact) mass is 452 g/mol. The summed E-state index contributed by atoms with van der Waals surface area (Å²) in [4.78, 5) is 6.60. The van der Waals surface area contributed by atoms with Crippen molar-refractivity contribution in [2.24, 2.45) is 4.99 Å². The molecule has 1 aromatic carbocycles. The summed E-state index contributed by atoms with van der Waals surface area (Å²) in [5, 5.41) is 6.24. The minimum absolute atomic E-state index is 0. The van der Waals surface area contributed by atoms with Crippen molar-refractivity contribution in [3.05, 3.63) is 35.4 Å². The highest BCUT2D eigenvalue weighted by molar-refractivity contribution is 14.0. The molecule has 1 fully saturated rings. The Morgan fingerprint density at radius 2 is 2.00 bits per heavy atom. The summed E-state index contributed by atoms with van der Waals surface area (Å²) in [7, 11) is 1.67. The van der Waals surface area contributed by atoms with Crippen LogP contribution in [0.4, 0.5) is 8.78 Å². The molecule has 2 rings (SSSR count). The largest absolute Gasteiger partial charge is 0.355 e. The molecular weight excluding hydrogens is 425 g/mol. The lowest BCUT2D eigenvalue weighted by molar-refractivity contribution is 0.215. The normalized spacial score (nSPS) is 14.7. The number of aliphatic imine (C=N–C) groups is 1. The van der Waals surface area contributed by atoms with Crippen LogP contribution in [0.5, 0.6) is 0 Å².